The van der Waals surface area contributed by atoms with Crippen LogP contribution in [0, 0.1) is 0 Å². The molecule has 0 unspecified atom stereocenters. The molecule has 0 radical (unpaired) electrons. The molecule has 0 spiro atoms. The minimum atomic E-state index is -0.407. The van der Waals surface area contributed by atoms with Gasteiger partial charge < -0.3 is 14.0 Å². The fraction of sp³-hybridized carbons (Fsp3) is 0.0909. The van der Waals surface area contributed by atoms with E-state index in [-0.39, 0.29) is 0 Å². The fourth-order valence-corrected chi connectivity index (χ4v) is 5.31. The first-order valence-corrected chi connectivity index (χ1v) is 14.4. The van der Waals surface area contributed by atoms with Gasteiger partial charge >= 0.3 is 5.97 Å². The Hall–Kier alpha value is -3.84. The van der Waals surface area contributed by atoms with E-state index in [1.54, 1.807) is 24.3 Å². The number of aromatic nitrogens is 2. The molecule has 0 atom stereocenters. The molecular weight excluding hydrogens is 623 g/mol. The zero-order chi connectivity index (χ0) is 28.9. The van der Waals surface area contributed by atoms with Crippen LogP contribution < -0.4 is 4.74 Å². The number of carbonyl (C=O) groups excluding carboxylic acids is 1. The Morgan fingerprint density at radius 3 is 2.22 bits per heavy atom. The number of halogens is 3. The lowest BCUT2D eigenvalue weighted by Gasteiger charge is -2.09. The monoisotopic (exact) mass is 646 g/mol. The average Bonchev–Trinajstić information content (AvgIpc) is 3.39. The molecule has 8 heteroatoms. The number of imidazole rings is 1. The van der Waals surface area contributed by atoms with E-state index in [1.807, 2.05) is 54.7 Å². The maximum atomic E-state index is 11.8. The second-order valence-electron chi connectivity index (χ2n) is 9.11. The zero-order valence-electron chi connectivity index (χ0n) is 22.3. The summed E-state index contributed by atoms with van der Waals surface area (Å²) in [6.45, 7) is 2.86. The van der Waals surface area contributed by atoms with Crippen molar-refractivity contribution in [2.24, 2.45) is 0 Å². The average molecular weight is 648 g/mol. The number of methoxy groups -OCH3 is 1. The Bertz CT molecular complexity index is 1730. The molecule has 5 nitrogen and oxygen atoms in total. The highest BCUT2D eigenvalue weighted by Crippen LogP contribution is 2.31. The summed E-state index contributed by atoms with van der Waals surface area (Å²) in [5.41, 5.74) is 5.32. The van der Waals surface area contributed by atoms with Gasteiger partial charge in [-0.2, -0.15) is 0 Å². The highest BCUT2D eigenvalue weighted by atomic mass is 79.9. The molecule has 4 aromatic carbocycles. The van der Waals surface area contributed by atoms with E-state index in [4.69, 9.17) is 37.7 Å². The van der Waals surface area contributed by atoms with Crippen LogP contribution in [0.2, 0.25) is 10.0 Å². The number of aryl methyl sites for hydroxylation is 1. The van der Waals surface area contributed by atoms with E-state index in [9.17, 15) is 4.79 Å². The van der Waals surface area contributed by atoms with E-state index in [2.05, 4.69) is 51.7 Å². The van der Waals surface area contributed by atoms with Crippen molar-refractivity contribution in [3.05, 3.63) is 123 Å². The van der Waals surface area contributed by atoms with Crippen LogP contribution in [0.1, 0.15) is 28.7 Å². The zero-order valence-corrected chi connectivity index (χ0v) is 25.4. The van der Waals surface area contributed by atoms with E-state index >= 15 is 0 Å². The fourth-order valence-electron chi connectivity index (χ4n) is 4.29. The molecule has 0 saturated heterocycles. The molecule has 0 N–H and O–H groups in total. The van der Waals surface area contributed by atoms with Crippen LogP contribution in [0.3, 0.4) is 0 Å². The molecule has 0 aliphatic heterocycles. The van der Waals surface area contributed by atoms with Gasteiger partial charge in [-0.15, -0.1) is 0 Å². The third-order valence-corrected chi connectivity index (χ3v) is 7.66. The quantitative estimate of drug-likeness (QED) is 0.157. The number of benzene rings is 4. The highest BCUT2D eigenvalue weighted by Gasteiger charge is 2.12. The third-order valence-electron chi connectivity index (χ3n) is 6.46. The molecule has 0 saturated carbocycles. The first kappa shape index (κ1) is 28.7. The van der Waals surface area contributed by atoms with Crippen molar-refractivity contribution in [2.45, 2.75) is 13.5 Å². The molecule has 206 valence electrons. The number of rotatable bonds is 8. The van der Waals surface area contributed by atoms with Crippen LogP contribution in [-0.4, -0.2) is 22.6 Å². The summed E-state index contributed by atoms with van der Waals surface area (Å²) < 4.78 is 13.4. The summed E-state index contributed by atoms with van der Waals surface area (Å²) in [5.74, 6) is 1.74. The molecule has 0 fully saturated rings. The molecule has 0 aliphatic rings. The second kappa shape index (κ2) is 12.8. The van der Waals surface area contributed by atoms with Crippen LogP contribution in [0.4, 0.5) is 0 Å². The minimum Gasteiger partial charge on any atom is -0.465 e. The van der Waals surface area contributed by atoms with Gasteiger partial charge in [-0.3, -0.25) is 0 Å². The summed E-state index contributed by atoms with van der Waals surface area (Å²) in [7, 11) is 1.35. The van der Waals surface area contributed by atoms with Gasteiger partial charge in [0.05, 0.1) is 23.4 Å². The topological polar surface area (TPSA) is 53.4 Å². The van der Waals surface area contributed by atoms with Gasteiger partial charge in [0.25, 0.3) is 0 Å². The summed E-state index contributed by atoms with van der Waals surface area (Å²) in [6.07, 6.45) is 6.06. The lowest BCUT2D eigenvalue weighted by atomic mass is 10.0. The highest BCUT2D eigenvalue weighted by molar-refractivity contribution is 9.10. The largest absolute Gasteiger partial charge is 0.465 e. The molecule has 0 bridgehead atoms. The molecule has 5 rings (SSSR count). The summed E-state index contributed by atoms with van der Waals surface area (Å²) in [4.78, 5) is 16.6. The number of esters is 1. The van der Waals surface area contributed by atoms with Crippen molar-refractivity contribution < 1.29 is 14.3 Å². The van der Waals surface area contributed by atoms with Gasteiger partial charge in [-0.1, -0.05) is 65.7 Å². The lowest BCUT2D eigenvalue weighted by molar-refractivity contribution is 0.0599. The van der Waals surface area contributed by atoms with Gasteiger partial charge in [-0.25, -0.2) is 9.78 Å². The first-order valence-electron chi connectivity index (χ1n) is 12.8. The Morgan fingerprint density at radius 2 is 1.59 bits per heavy atom. The first-order chi connectivity index (χ1) is 19.8. The van der Waals surface area contributed by atoms with Crippen LogP contribution >= 0.6 is 39.1 Å². The van der Waals surface area contributed by atoms with Crippen molar-refractivity contribution >= 4 is 57.3 Å². The summed E-state index contributed by atoms with van der Waals surface area (Å²) in [6, 6.07) is 26.8. The van der Waals surface area contributed by atoms with E-state index < -0.39 is 5.97 Å². The molecule has 0 amide bonds. The van der Waals surface area contributed by atoms with Crippen LogP contribution in [0.15, 0.2) is 95.6 Å². The molecule has 41 heavy (non-hydrogen) atoms. The number of carbonyl (C=O) groups is 1. The molecule has 0 aliphatic carbocycles. The van der Waals surface area contributed by atoms with Crippen molar-refractivity contribution in [3.63, 3.8) is 0 Å². The Balaban J connectivity index is 1.27. The lowest BCUT2D eigenvalue weighted by Crippen LogP contribution is -2.02. The van der Waals surface area contributed by atoms with Gasteiger partial charge in [0.2, 0.25) is 0 Å². The predicted molar refractivity (Wildman–Crippen MR) is 170 cm³/mol. The van der Waals surface area contributed by atoms with Gasteiger partial charge in [-0.05, 0) is 94.2 Å². The molecule has 1 aromatic heterocycles. The minimum absolute atomic E-state index is 0.407. The van der Waals surface area contributed by atoms with Gasteiger partial charge in [0.15, 0.2) is 0 Å². The molecule has 5 aromatic rings. The van der Waals surface area contributed by atoms with Gasteiger partial charge in [0, 0.05) is 27.8 Å². The Labute approximate surface area is 257 Å². The van der Waals surface area contributed by atoms with Crippen molar-refractivity contribution in [2.75, 3.05) is 7.11 Å². The Morgan fingerprint density at radius 1 is 0.902 bits per heavy atom. The smallest absolute Gasteiger partial charge is 0.339 e. The summed E-state index contributed by atoms with van der Waals surface area (Å²) >= 11 is 15.9. The van der Waals surface area contributed by atoms with Crippen molar-refractivity contribution in [3.8, 4) is 33.9 Å². The maximum absolute atomic E-state index is 11.8. The number of hydrogen-bond acceptors (Lipinski definition) is 4. The van der Waals surface area contributed by atoms with Crippen LogP contribution in [0.5, 0.6) is 11.5 Å². The predicted octanol–water partition coefficient (Wildman–Crippen LogP) is 10.1. The van der Waals surface area contributed by atoms with Gasteiger partial charge in [0.1, 0.15) is 17.3 Å². The van der Waals surface area contributed by atoms with Crippen molar-refractivity contribution in [1.82, 2.24) is 9.55 Å². The molecular formula is C33H25BrCl2N2O3. The third kappa shape index (κ3) is 6.73. The van der Waals surface area contributed by atoms with E-state index in [0.717, 1.165) is 40.3 Å². The molecule has 1 heterocycles. The summed E-state index contributed by atoms with van der Waals surface area (Å²) in [5, 5.41) is 1.17. The normalized spacial score (nSPS) is 11.1. The van der Waals surface area contributed by atoms with E-state index in [0.29, 0.717) is 31.6 Å². The van der Waals surface area contributed by atoms with Crippen LogP contribution in [-0.2, 0) is 11.3 Å². The standard InChI is InChI=1S/C33H25BrCl2N2O3/c1-3-38-20-31(28-15-11-24(35)18-30(28)36)37-32(38)17-6-21-4-7-22(8-5-21)23-9-12-25(13-10-23)41-26-14-16-27(29(34)19-26)33(39)40-2/h4-20H,3H2,1-2H3/b17-6+. The number of ether oxygens (including phenoxy) is 2. The number of hydrogen-bond donors (Lipinski definition) is 0. The van der Waals surface area contributed by atoms with E-state index in [1.165, 1.54) is 7.11 Å². The SMILES string of the molecule is CCn1cc(-c2ccc(Cl)cc2Cl)nc1/C=C/c1ccc(-c2ccc(Oc3ccc(C(=O)OC)c(Br)c3)cc2)cc1. The van der Waals surface area contributed by atoms with Crippen LogP contribution in [0.25, 0.3) is 34.5 Å². The number of nitrogens with zero attached hydrogens (tertiary/aromatic N) is 2. The Kier molecular flexibility index (Phi) is 8.93. The second-order valence-corrected chi connectivity index (χ2v) is 10.8. The van der Waals surface area contributed by atoms with Crippen molar-refractivity contribution in [1.29, 1.82) is 0 Å². The maximum Gasteiger partial charge on any atom is 0.339 e.